The molecular formula is C6H4N2O3. The van der Waals surface area contributed by atoms with E-state index in [0.717, 1.165) is 0 Å². The number of rotatable bonds is 1. The topological polar surface area (TPSA) is 79.1 Å². The van der Waals surface area contributed by atoms with Gasteiger partial charge in [0.2, 0.25) is 0 Å². The summed E-state index contributed by atoms with van der Waals surface area (Å²) in [6.45, 7) is 0. The molecule has 0 bridgehead atoms. The standard InChI is InChI=1S/C6H4N2O3/c9-6(10)5-4-3(8-11-5)1-2-7-4/h1-2,7H,(H,9,10). The number of carboxylic acid groups (broad SMARTS) is 1. The number of hydrogen-bond acceptors (Lipinski definition) is 3. The molecule has 2 rings (SSSR count). The highest BCUT2D eigenvalue weighted by Gasteiger charge is 2.15. The normalized spacial score (nSPS) is 10.5. The van der Waals surface area contributed by atoms with Crippen LogP contribution in [-0.4, -0.2) is 21.2 Å². The minimum Gasteiger partial charge on any atom is -0.475 e. The molecule has 5 nitrogen and oxygen atoms in total. The summed E-state index contributed by atoms with van der Waals surface area (Å²) in [5.41, 5.74) is 0.958. The number of carbonyl (C=O) groups is 1. The van der Waals surface area contributed by atoms with Crippen LogP contribution in [-0.2, 0) is 0 Å². The van der Waals surface area contributed by atoms with Gasteiger partial charge in [-0.1, -0.05) is 5.16 Å². The minimum atomic E-state index is -1.12. The van der Waals surface area contributed by atoms with Gasteiger partial charge in [0.15, 0.2) is 0 Å². The molecule has 0 saturated heterocycles. The summed E-state index contributed by atoms with van der Waals surface area (Å²) in [5, 5.41) is 12.0. The van der Waals surface area contributed by atoms with Crippen LogP contribution in [0.5, 0.6) is 0 Å². The summed E-state index contributed by atoms with van der Waals surface area (Å²) in [6, 6.07) is 1.64. The fraction of sp³-hybridized carbons (Fsp3) is 0. The largest absolute Gasteiger partial charge is 0.475 e. The monoisotopic (exact) mass is 152 g/mol. The molecule has 56 valence electrons. The molecular weight excluding hydrogens is 148 g/mol. The Kier molecular flexibility index (Phi) is 1.00. The zero-order chi connectivity index (χ0) is 7.84. The molecule has 11 heavy (non-hydrogen) atoms. The van der Waals surface area contributed by atoms with Crippen molar-refractivity contribution in [3.63, 3.8) is 0 Å². The molecule has 0 atom stereocenters. The fourth-order valence-corrected chi connectivity index (χ4v) is 0.906. The number of aromatic amines is 1. The highest BCUT2D eigenvalue weighted by molar-refractivity contribution is 5.97. The quantitative estimate of drug-likeness (QED) is 0.634. The van der Waals surface area contributed by atoms with Gasteiger partial charge in [-0.3, -0.25) is 0 Å². The third kappa shape index (κ3) is 0.706. The predicted molar refractivity (Wildman–Crippen MR) is 35.3 cm³/mol. The van der Waals surface area contributed by atoms with Crippen molar-refractivity contribution in [3.8, 4) is 0 Å². The third-order valence-electron chi connectivity index (χ3n) is 1.38. The molecule has 2 aromatic rings. The summed E-state index contributed by atoms with van der Waals surface area (Å²) in [5.74, 6) is -1.26. The summed E-state index contributed by atoms with van der Waals surface area (Å²) in [7, 11) is 0. The molecule has 2 N–H and O–H groups in total. The van der Waals surface area contributed by atoms with E-state index in [-0.39, 0.29) is 5.76 Å². The SMILES string of the molecule is O=C(O)c1onc2cc[nH]c12. The van der Waals surface area contributed by atoms with Crippen molar-refractivity contribution < 1.29 is 14.4 Å². The van der Waals surface area contributed by atoms with Crippen molar-refractivity contribution in [1.82, 2.24) is 10.1 Å². The van der Waals surface area contributed by atoms with Gasteiger partial charge in [-0.25, -0.2) is 4.79 Å². The maximum Gasteiger partial charge on any atom is 0.376 e. The van der Waals surface area contributed by atoms with Crippen LogP contribution in [0.4, 0.5) is 0 Å². The molecule has 0 radical (unpaired) electrons. The van der Waals surface area contributed by atoms with Gasteiger partial charge < -0.3 is 14.6 Å². The zero-order valence-electron chi connectivity index (χ0n) is 5.37. The number of aromatic carboxylic acids is 1. The second-order valence-electron chi connectivity index (χ2n) is 2.05. The van der Waals surface area contributed by atoms with E-state index < -0.39 is 5.97 Å². The van der Waals surface area contributed by atoms with Crippen LogP contribution in [0, 0.1) is 0 Å². The lowest BCUT2D eigenvalue weighted by atomic mass is 10.4. The minimum absolute atomic E-state index is 0.148. The van der Waals surface area contributed by atoms with Crippen LogP contribution in [0.1, 0.15) is 10.6 Å². The second-order valence-corrected chi connectivity index (χ2v) is 2.05. The van der Waals surface area contributed by atoms with Crippen molar-refractivity contribution in [2.24, 2.45) is 0 Å². The van der Waals surface area contributed by atoms with Gasteiger partial charge in [0, 0.05) is 6.20 Å². The molecule has 0 unspecified atom stereocenters. The Bertz CT molecular complexity index is 401. The van der Waals surface area contributed by atoms with E-state index in [4.69, 9.17) is 5.11 Å². The van der Waals surface area contributed by atoms with Crippen LogP contribution in [0.25, 0.3) is 11.0 Å². The molecule has 0 fully saturated rings. The number of fused-ring (bicyclic) bond motifs is 1. The number of nitrogens with one attached hydrogen (secondary N) is 1. The number of carboxylic acids is 1. The summed E-state index contributed by atoms with van der Waals surface area (Å²) in [6.07, 6.45) is 1.61. The van der Waals surface area contributed by atoms with Crippen molar-refractivity contribution >= 4 is 17.0 Å². The lowest BCUT2D eigenvalue weighted by molar-refractivity contribution is 0.0655. The van der Waals surface area contributed by atoms with Gasteiger partial charge in [0.25, 0.3) is 5.76 Å². The van der Waals surface area contributed by atoms with E-state index in [1.165, 1.54) is 0 Å². The smallest absolute Gasteiger partial charge is 0.376 e. The molecule has 0 aliphatic carbocycles. The highest BCUT2D eigenvalue weighted by atomic mass is 16.5. The molecule has 0 aromatic carbocycles. The van der Waals surface area contributed by atoms with Crippen molar-refractivity contribution in [1.29, 1.82) is 0 Å². The molecule has 0 aliphatic heterocycles. The average molecular weight is 152 g/mol. The fourth-order valence-electron chi connectivity index (χ4n) is 0.906. The maximum atomic E-state index is 10.4. The maximum absolute atomic E-state index is 10.4. The van der Waals surface area contributed by atoms with E-state index in [9.17, 15) is 4.79 Å². The summed E-state index contributed by atoms with van der Waals surface area (Å²) in [4.78, 5) is 13.1. The lowest BCUT2D eigenvalue weighted by Crippen LogP contribution is -1.93. The Morgan fingerprint density at radius 1 is 1.73 bits per heavy atom. The summed E-state index contributed by atoms with van der Waals surface area (Å²) >= 11 is 0. The molecule has 2 heterocycles. The first-order chi connectivity index (χ1) is 5.29. The van der Waals surface area contributed by atoms with Crippen molar-refractivity contribution in [2.45, 2.75) is 0 Å². The third-order valence-corrected chi connectivity index (χ3v) is 1.38. The number of hydrogen-bond donors (Lipinski definition) is 2. The number of nitrogens with zero attached hydrogens (tertiary/aromatic N) is 1. The predicted octanol–water partition coefficient (Wildman–Crippen LogP) is 0.854. The van der Waals surface area contributed by atoms with E-state index in [1.54, 1.807) is 12.3 Å². The van der Waals surface area contributed by atoms with Crippen LogP contribution in [0.15, 0.2) is 16.8 Å². The van der Waals surface area contributed by atoms with E-state index in [2.05, 4.69) is 14.7 Å². The van der Waals surface area contributed by atoms with Gasteiger partial charge >= 0.3 is 5.97 Å². The van der Waals surface area contributed by atoms with Gasteiger partial charge in [-0.2, -0.15) is 0 Å². The summed E-state index contributed by atoms with van der Waals surface area (Å²) < 4.78 is 4.54. The Morgan fingerprint density at radius 2 is 2.55 bits per heavy atom. The highest BCUT2D eigenvalue weighted by Crippen LogP contribution is 2.15. The second kappa shape index (κ2) is 1.85. The molecule has 0 aliphatic rings. The van der Waals surface area contributed by atoms with E-state index >= 15 is 0 Å². The van der Waals surface area contributed by atoms with Crippen molar-refractivity contribution in [3.05, 3.63) is 18.0 Å². The first-order valence-corrected chi connectivity index (χ1v) is 2.95. The van der Waals surface area contributed by atoms with Gasteiger partial charge in [-0.05, 0) is 6.07 Å². The van der Waals surface area contributed by atoms with Crippen LogP contribution >= 0.6 is 0 Å². The van der Waals surface area contributed by atoms with Crippen LogP contribution in [0.3, 0.4) is 0 Å². The Balaban J connectivity index is 2.78. The van der Waals surface area contributed by atoms with E-state index in [1.807, 2.05) is 0 Å². The van der Waals surface area contributed by atoms with Gasteiger partial charge in [-0.15, -0.1) is 0 Å². The number of aromatic nitrogens is 2. The average Bonchev–Trinajstić information content (AvgIpc) is 2.41. The van der Waals surface area contributed by atoms with Gasteiger partial charge in [0.05, 0.1) is 0 Å². The van der Waals surface area contributed by atoms with Crippen LogP contribution < -0.4 is 0 Å². The number of H-pyrrole nitrogens is 1. The first kappa shape index (κ1) is 5.96. The molecule has 0 spiro atoms. The van der Waals surface area contributed by atoms with Crippen LogP contribution in [0.2, 0.25) is 0 Å². The Labute approximate surface area is 60.6 Å². The first-order valence-electron chi connectivity index (χ1n) is 2.95. The Hall–Kier alpha value is -1.78. The van der Waals surface area contributed by atoms with Crippen molar-refractivity contribution in [2.75, 3.05) is 0 Å². The molecule has 5 heteroatoms. The molecule has 0 amide bonds. The van der Waals surface area contributed by atoms with Gasteiger partial charge in [0.1, 0.15) is 11.0 Å². The zero-order valence-corrected chi connectivity index (χ0v) is 5.37. The molecule has 2 aromatic heterocycles. The van der Waals surface area contributed by atoms with E-state index in [0.29, 0.717) is 11.0 Å². The molecule has 0 saturated carbocycles. The lowest BCUT2D eigenvalue weighted by Gasteiger charge is -1.81. The Morgan fingerprint density at radius 3 is 3.27 bits per heavy atom.